The summed E-state index contributed by atoms with van der Waals surface area (Å²) in [4.78, 5) is 28.9. The van der Waals surface area contributed by atoms with Gasteiger partial charge in [0.1, 0.15) is 11.5 Å². The Bertz CT molecular complexity index is 896. The number of rotatable bonds is 8. The molecule has 0 aliphatic carbocycles. The van der Waals surface area contributed by atoms with E-state index in [0.29, 0.717) is 30.3 Å². The molecule has 7 nitrogen and oxygen atoms in total. The quantitative estimate of drug-likeness (QED) is 0.723. The van der Waals surface area contributed by atoms with Gasteiger partial charge in [-0.3, -0.25) is 9.59 Å². The van der Waals surface area contributed by atoms with Crippen LogP contribution in [0.5, 0.6) is 11.5 Å². The Morgan fingerprint density at radius 3 is 2.60 bits per heavy atom. The lowest BCUT2D eigenvalue weighted by Gasteiger charge is -2.34. The van der Waals surface area contributed by atoms with E-state index in [1.165, 1.54) is 0 Å². The smallest absolute Gasteiger partial charge is 0.267 e. The minimum atomic E-state index is -0.528. The molecule has 30 heavy (non-hydrogen) atoms. The molecule has 1 aliphatic heterocycles. The number of hydrogen-bond donors (Lipinski definition) is 1. The lowest BCUT2D eigenvalue weighted by molar-refractivity contribution is -0.125. The number of likely N-dealkylation sites (N-methyl/N-ethyl adjacent to an activating group) is 1. The molecule has 1 N–H and O–H groups in total. The van der Waals surface area contributed by atoms with Crippen LogP contribution in [-0.2, 0) is 16.0 Å². The lowest BCUT2D eigenvalue weighted by Crippen LogP contribution is -2.46. The highest BCUT2D eigenvalue weighted by Gasteiger charge is 2.31. The maximum absolute atomic E-state index is 12.6. The third-order valence-electron chi connectivity index (χ3n) is 4.82. The summed E-state index contributed by atoms with van der Waals surface area (Å²) in [5.74, 6) is 1.22. The first kappa shape index (κ1) is 21.6. The fourth-order valence-corrected chi connectivity index (χ4v) is 3.28. The Morgan fingerprint density at radius 2 is 1.93 bits per heavy atom. The molecule has 2 aromatic carbocycles. The Kier molecular flexibility index (Phi) is 6.95. The molecule has 2 amide bonds. The molecule has 1 heterocycles. The zero-order valence-corrected chi connectivity index (χ0v) is 18.0. The number of carbonyl (C=O) groups excluding carboxylic acids is 2. The number of nitrogens with zero attached hydrogens (tertiary/aromatic N) is 2. The Labute approximate surface area is 177 Å². The summed E-state index contributed by atoms with van der Waals surface area (Å²) >= 11 is 0. The molecule has 0 saturated carbocycles. The average molecular weight is 412 g/mol. The summed E-state index contributed by atoms with van der Waals surface area (Å²) < 4.78 is 11.2. The summed E-state index contributed by atoms with van der Waals surface area (Å²) in [5, 5.41) is 2.92. The number of nitrogens with one attached hydrogen (secondary N) is 1. The van der Waals surface area contributed by atoms with E-state index >= 15 is 0 Å². The van der Waals surface area contributed by atoms with E-state index in [0.717, 1.165) is 17.9 Å². The van der Waals surface area contributed by atoms with E-state index in [-0.39, 0.29) is 18.2 Å². The van der Waals surface area contributed by atoms with Gasteiger partial charge in [0, 0.05) is 18.8 Å². The van der Waals surface area contributed by atoms with Crippen molar-refractivity contribution in [2.24, 2.45) is 0 Å². The molecule has 160 valence electrons. The number of benzene rings is 2. The third kappa shape index (κ3) is 5.30. The molecule has 1 aliphatic rings. The van der Waals surface area contributed by atoms with E-state index in [1.54, 1.807) is 30.0 Å². The van der Waals surface area contributed by atoms with Crippen molar-refractivity contribution in [1.82, 2.24) is 4.90 Å². The van der Waals surface area contributed by atoms with Gasteiger partial charge >= 0.3 is 0 Å². The largest absolute Gasteiger partial charge is 0.494 e. The monoisotopic (exact) mass is 411 g/mol. The highest BCUT2D eigenvalue weighted by atomic mass is 16.5. The molecular formula is C23H29N3O4. The van der Waals surface area contributed by atoms with Crippen LogP contribution in [0.3, 0.4) is 0 Å². The molecule has 3 rings (SSSR count). The van der Waals surface area contributed by atoms with Crippen molar-refractivity contribution in [2.45, 2.75) is 26.4 Å². The topological polar surface area (TPSA) is 71.1 Å². The normalized spacial score (nSPS) is 15.6. The van der Waals surface area contributed by atoms with Gasteiger partial charge in [-0.05, 0) is 63.8 Å². The molecule has 2 aromatic rings. The van der Waals surface area contributed by atoms with Crippen molar-refractivity contribution < 1.29 is 19.1 Å². The Hall–Kier alpha value is -3.06. The van der Waals surface area contributed by atoms with Crippen LogP contribution in [-0.4, -0.2) is 56.6 Å². The summed E-state index contributed by atoms with van der Waals surface area (Å²) in [7, 11) is 3.93. The molecule has 1 unspecified atom stereocenters. The average Bonchev–Trinajstić information content (AvgIpc) is 2.70. The molecular weight excluding hydrogens is 382 g/mol. The summed E-state index contributed by atoms with van der Waals surface area (Å²) in [6.07, 6.45) is -0.278. The molecule has 0 fully saturated rings. The van der Waals surface area contributed by atoms with Crippen LogP contribution in [0.4, 0.5) is 11.4 Å². The van der Waals surface area contributed by atoms with Gasteiger partial charge in [0.2, 0.25) is 5.91 Å². The van der Waals surface area contributed by atoms with Crippen LogP contribution in [0.2, 0.25) is 0 Å². The zero-order chi connectivity index (χ0) is 21.7. The van der Waals surface area contributed by atoms with Crippen LogP contribution in [0, 0.1) is 0 Å². The third-order valence-corrected chi connectivity index (χ3v) is 4.82. The number of ether oxygens (including phenoxy) is 2. The van der Waals surface area contributed by atoms with Gasteiger partial charge in [-0.1, -0.05) is 12.1 Å². The van der Waals surface area contributed by atoms with Crippen molar-refractivity contribution in [2.75, 3.05) is 44.0 Å². The minimum absolute atomic E-state index is 0.0813. The number of carbonyl (C=O) groups is 2. The van der Waals surface area contributed by atoms with Crippen molar-refractivity contribution in [3.63, 3.8) is 0 Å². The van der Waals surface area contributed by atoms with Crippen LogP contribution in [0.25, 0.3) is 0 Å². The molecule has 1 atom stereocenters. The van der Waals surface area contributed by atoms with Crippen molar-refractivity contribution in [3.05, 3.63) is 48.0 Å². The van der Waals surface area contributed by atoms with Crippen LogP contribution in [0.1, 0.15) is 19.4 Å². The fraction of sp³-hybridized carbons (Fsp3) is 0.391. The fourth-order valence-electron chi connectivity index (χ4n) is 3.28. The second-order valence-corrected chi connectivity index (χ2v) is 7.54. The highest BCUT2D eigenvalue weighted by molar-refractivity contribution is 6.01. The van der Waals surface area contributed by atoms with Crippen LogP contribution in [0.15, 0.2) is 42.5 Å². The number of fused-ring (bicyclic) bond motifs is 1. The van der Waals surface area contributed by atoms with E-state index < -0.39 is 6.10 Å². The van der Waals surface area contributed by atoms with E-state index in [4.69, 9.17) is 9.47 Å². The lowest BCUT2D eigenvalue weighted by atomic mass is 10.1. The highest BCUT2D eigenvalue weighted by Crippen LogP contribution is 2.36. The van der Waals surface area contributed by atoms with Gasteiger partial charge in [-0.25, -0.2) is 0 Å². The predicted octanol–water partition coefficient (Wildman–Crippen LogP) is 2.94. The van der Waals surface area contributed by atoms with Crippen LogP contribution < -0.4 is 19.7 Å². The molecule has 0 radical (unpaired) electrons. The number of amides is 2. The van der Waals surface area contributed by atoms with Crippen LogP contribution >= 0.6 is 0 Å². The van der Waals surface area contributed by atoms with Gasteiger partial charge in [0.25, 0.3) is 5.91 Å². The van der Waals surface area contributed by atoms with Crippen molar-refractivity contribution in [3.8, 4) is 11.5 Å². The second-order valence-electron chi connectivity index (χ2n) is 7.54. The minimum Gasteiger partial charge on any atom is -0.494 e. The maximum Gasteiger partial charge on any atom is 0.267 e. The van der Waals surface area contributed by atoms with Gasteiger partial charge in [-0.15, -0.1) is 0 Å². The van der Waals surface area contributed by atoms with Gasteiger partial charge in [0.05, 0.1) is 18.7 Å². The molecule has 0 saturated heterocycles. The molecule has 7 heteroatoms. The number of anilines is 2. The SMILES string of the molecule is CCOc1ccc(CC(=O)Nc2ccc3c(c2)N(CCN(C)C)C(=O)C(C)O3)cc1. The van der Waals surface area contributed by atoms with Gasteiger partial charge < -0.3 is 24.6 Å². The standard InChI is InChI=1S/C23H29N3O4/c1-5-29-19-9-6-17(7-10-19)14-22(27)24-18-8-11-21-20(15-18)26(13-12-25(3)4)23(28)16(2)30-21/h6-11,15-16H,5,12-14H2,1-4H3,(H,24,27). The van der Waals surface area contributed by atoms with Crippen molar-refractivity contribution >= 4 is 23.2 Å². The molecule has 0 aromatic heterocycles. The Balaban J connectivity index is 1.71. The zero-order valence-electron chi connectivity index (χ0n) is 18.0. The number of hydrogen-bond acceptors (Lipinski definition) is 5. The van der Waals surface area contributed by atoms with E-state index in [9.17, 15) is 9.59 Å². The first-order chi connectivity index (χ1) is 14.4. The second kappa shape index (κ2) is 9.63. The van der Waals surface area contributed by atoms with E-state index in [1.807, 2.05) is 50.2 Å². The Morgan fingerprint density at radius 1 is 1.20 bits per heavy atom. The summed E-state index contributed by atoms with van der Waals surface area (Å²) in [6, 6.07) is 12.9. The predicted molar refractivity (Wildman–Crippen MR) is 117 cm³/mol. The van der Waals surface area contributed by atoms with Gasteiger partial charge in [0.15, 0.2) is 6.10 Å². The summed E-state index contributed by atoms with van der Waals surface area (Å²) in [6.45, 7) is 5.57. The van der Waals surface area contributed by atoms with E-state index in [2.05, 4.69) is 5.32 Å². The van der Waals surface area contributed by atoms with Crippen molar-refractivity contribution in [1.29, 1.82) is 0 Å². The first-order valence-electron chi connectivity index (χ1n) is 10.2. The first-order valence-corrected chi connectivity index (χ1v) is 10.2. The molecule has 0 spiro atoms. The van der Waals surface area contributed by atoms with Gasteiger partial charge in [-0.2, -0.15) is 0 Å². The maximum atomic E-state index is 12.6. The molecule has 0 bridgehead atoms. The summed E-state index contributed by atoms with van der Waals surface area (Å²) in [5.41, 5.74) is 2.21.